The van der Waals surface area contributed by atoms with E-state index in [0.29, 0.717) is 17.8 Å². The summed E-state index contributed by atoms with van der Waals surface area (Å²) in [6.07, 6.45) is 4.48. The lowest BCUT2D eigenvalue weighted by Crippen LogP contribution is -2.12. The summed E-state index contributed by atoms with van der Waals surface area (Å²) in [5.41, 5.74) is 10.4. The van der Waals surface area contributed by atoms with Gasteiger partial charge in [0.2, 0.25) is 0 Å². The van der Waals surface area contributed by atoms with Gasteiger partial charge < -0.3 is 5.32 Å². The van der Waals surface area contributed by atoms with Crippen LogP contribution in [0, 0.1) is 0 Å². The summed E-state index contributed by atoms with van der Waals surface area (Å²) in [6.45, 7) is 0.610. The van der Waals surface area contributed by atoms with Gasteiger partial charge in [0, 0.05) is 16.8 Å². The lowest BCUT2D eigenvalue weighted by molar-refractivity contribution is 0.102. The number of hydrogen-bond acceptors (Lipinski definition) is 5. The molecule has 9 heteroatoms. The van der Waals surface area contributed by atoms with Gasteiger partial charge >= 0.3 is 0 Å². The molecule has 118 valence electrons. The van der Waals surface area contributed by atoms with Crippen molar-refractivity contribution in [3.8, 4) is 0 Å². The average Bonchev–Trinajstić information content (AvgIpc) is 3.10. The minimum absolute atomic E-state index is 0.214. The van der Waals surface area contributed by atoms with Crippen molar-refractivity contribution in [3.63, 3.8) is 0 Å². The van der Waals surface area contributed by atoms with E-state index in [0.717, 1.165) is 5.56 Å². The molecule has 9 nitrogen and oxygen atoms in total. The predicted octanol–water partition coefficient (Wildman–Crippen LogP) is 2.92. The number of nitrogens with zero attached hydrogens (tertiary/aromatic N) is 7. The minimum atomic E-state index is -0.293. The molecule has 2 aromatic heterocycles. The standard InChI is InChI=1S/C15H12N8O/c16-22-21-14-6-3-12(7-18-14)15(24)20-13-4-1-11(2-5-13)8-23-10-17-9-19-23/h1-7,9-10H,8H2,(H,20,24). The number of nitrogens with one attached hydrogen (secondary N) is 1. The molecular weight excluding hydrogens is 308 g/mol. The van der Waals surface area contributed by atoms with E-state index < -0.39 is 0 Å². The maximum absolute atomic E-state index is 12.1. The molecule has 3 aromatic rings. The van der Waals surface area contributed by atoms with Gasteiger partial charge in [0.15, 0.2) is 0 Å². The van der Waals surface area contributed by atoms with Crippen LogP contribution in [0.4, 0.5) is 11.5 Å². The highest BCUT2D eigenvalue weighted by molar-refractivity contribution is 6.04. The molecule has 1 amide bonds. The Morgan fingerprint density at radius 2 is 2.08 bits per heavy atom. The van der Waals surface area contributed by atoms with Crippen molar-refractivity contribution in [2.75, 3.05) is 5.32 Å². The molecule has 3 rings (SSSR count). The topological polar surface area (TPSA) is 121 Å². The van der Waals surface area contributed by atoms with E-state index in [1.54, 1.807) is 17.1 Å². The zero-order valence-corrected chi connectivity index (χ0v) is 12.4. The van der Waals surface area contributed by atoms with Crippen LogP contribution in [0.2, 0.25) is 0 Å². The van der Waals surface area contributed by atoms with Gasteiger partial charge in [0.05, 0.1) is 12.1 Å². The number of anilines is 1. The summed E-state index contributed by atoms with van der Waals surface area (Å²) in [4.78, 5) is 22.6. The third-order valence-electron chi connectivity index (χ3n) is 3.18. The van der Waals surface area contributed by atoms with E-state index in [9.17, 15) is 4.79 Å². The fraction of sp³-hybridized carbons (Fsp3) is 0.0667. The van der Waals surface area contributed by atoms with Crippen molar-refractivity contribution in [2.45, 2.75) is 6.54 Å². The molecule has 0 aliphatic carbocycles. The molecule has 2 heterocycles. The summed E-state index contributed by atoms with van der Waals surface area (Å²) in [5.74, 6) is -0.0782. The molecule has 0 bridgehead atoms. The molecule has 0 fully saturated rings. The molecule has 0 unspecified atom stereocenters. The van der Waals surface area contributed by atoms with Gasteiger partial charge in [-0.05, 0) is 40.5 Å². The smallest absolute Gasteiger partial charge is 0.257 e. The van der Waals surface area contributed by atoms with Crippen LogP contribution in [0.5, 0.6) is 0 Å². The fourth-order valence-corrected chi connectivity index (χ4v) is 2.02. The minimum Gasteiger partial charge on any atom is -0.322 e. The van der Waals surface area contributed by atoms with Crippen molar-refractivity contribution in [1.82, 2.24) is 19.7 Å². The number of benzene rings is 1. The number of azide groups is 1. The molecule has 1 N–H and O–H groups in total. The monoisotopic (exact) mass is 320 g/mol. The van der Waals surface area contributed by atoms with E-state index in [1.165, 1.54) is 18.6 Å². The van der Waals surface area contributed by atoms with Crippen LogP contribution < -0.4 is 5.32 Å². The highest BCUT2D eigenvalue weighted by Crippen LogP contribution is 2.13. The van der Waals surface area contributed by atoms with E-state index in [-0.39, 0.29) is 11.7 Å². The number of carbonyl (C=O) groups excluding carboxylic acids is 1. The van der Waals surface area contributed by atoms with Gasteiger partial charge in [0.1, 0.15) is 18.5 Å². The Bertz CT molecular complexity index is 865. The number of carbonyl (C=O) groups is 1. The predicted molar refractivity (Wildman–Crippen MR) is 86.6 cm³/mol. The zero-order chi connectivity index (χ0) is 16.8. The third kappa shape index (κ3) is 3.73. The summed E-state index contributed by atoms with van der Waals surface area (Å²) in [5, 5.41) is 10.2. The molecule has 1 aromatic carbocycles. The van der Waals surface area contributed by atoms with Crippen LogP contribution in [0.15, 0.2) is 60.4 Å². The van der Waals surface area contributed by atoms with Crippen LogP contribution in [-0.2, 0) is 6.54 Å². The first-order chi connectivity index (χ1) is 11.7. The summed E-state index contributed by atoms with van der Waals surface area (Å²) in [6, 6.07) is 10.5. The van der Waals surface area contributed by atoms with Crippen LogP contribution in [0.25, 0.3) is 10.4 Å². The Kier molecular flexibility index (Phi) is 4.45. The summed E-state index contributed by atoms with van der Waals surface area (Å²) < 4.78 is 1.71. The number of amides is 1. The number of hydrogen-bond donors (Lipinski definition) is 1. The van der Waals surface area contributed by atoms with E-state index >= 15 is 0 Å². The highest BCUT2D eigenvalue weighted by atomic mass is 16.1. The molecule has 0 spiro atoms. The maximum atomic E-state index is 12.1. The second kappa shape index (κ2) is 7.03. The van der Waals surface area contributed by atoms with Crippen LogP contribution in [0.1, 0.15) is 15.9 Å². The summed E-state index contributed by atoms with van der Waals surface area (Å²) >= 11 is 0. The second-order valence-electron chi connectivity index (χ2n) is 4.84. The Balaban J connectivity index is 1.64. The molecule has 0 saturated heterocycles. The van der Waals surface area contributed by atoms with Gasteiger partial charge in [-0.25, -0.2) is 9.67 Å². The molecule has 0 atom stereocenters. The average molecular weight is 320 g/mol. The maximum Gasteiger partial charge on any atom is 0.257 e. The molecule has 0 radical (unpaired) electrons. The lowest BCUT2D eigenvalue weighted by Gasteiger charge is -2.07. The van der Waals surface area contributed by atoms with Crippen LogP contribution in [-0.4, -0.2) is 25.7 Å². The van der Waals surface area contributed by atoms with Gasteiger partial charge in [-0.15, -0.1) is 0 Å². The van der Waals surface area contributed by atoms with Crippen LogP contribution in [0.3, 0.4) is 0 Å². The van der Waals surface area contributed by atoms with Crippen LogP contribution >= 0.6 is 0 Å². The second-order valence-corrected chi connectivity index (χ2v) is 4.84. The SMILES string of the molecule is [N-]=[N+]=Nc1ccc(C(=O)Nc2ccc(Cn3cncn3)cc2)cn1. The van der Waals surface area contributed by atoms with Gasteiger partial charge in [-0.2, -0.15) is 5.10 Å². The van der Waals surface area contributed by atoms with Gasteiger partial charge in [0.25, 0.3) is 5.91 Å². The Morgan fingerprint density at radius 1 is 1.25 bits per heavy atom. The first-order valence-corrected chi connectivity index (χ1v) is 6.98. The van der Waals surface area contributed by atoms with Crippen molar-refractivity contribution in [2.24, 2.45) is 5.11 Å². The van der Waals surface area contributed by atoms with Crippen molar-refractivity contribution < 1.29 is 4.79 Å². The van der Waals surface area contributed by atoms with Crippen molar-refractivity contribution >= 4 is 17.4 Å². The first-order valence-electron chi connectivity index (χ1n) is 6.98. The highest BCUT2D eigenvalue weighted by Gasteiger charge is 2.06. The quantitative estimate of drug-likeness (QED) is 0.441. The van der Waals surface area contributed by atoms with Gasteiger partial charge in [-0.1, -0.05) is 12.1 Å². The Hall–Kier alpha value is -3.71. The molecule has 0 aliphatic heterocycles. The van der Waals surface area contributed by atoms with E-state index in [1.807, 2.05) is 24.3 Å². The molecular formula is C15H12N8O. The van der Waals surface area contributed by atoms with E-state index in [2.05, 4.69) is 30.4 Å². The number of pyridine rings is 1. The van der Waals surface area contributed by atoms with E-state index in [4.69, 9.17) is 5.53 Å². The normalized spacial score (nSPS) is 10.0. The molecule has 24 heavy (non-hydrogen) atoms. The van der Waals surface area contributed by atoms with Crippen molar-refractivity contribution in [1.29, 1.82) is 0 Å². The number of aromatic nitrogens is 4. The first kappa shape index (κ1) is 15.2. The lowest BCUT2D eigenvalue weighted by atomic mass is 10.2. The Labute approximate surface area is 136 Å². The van der Waals surface area contributed by atoms with Crippen molar-refractivity contribution in [3.05, 3.63) is 76.8 Å². The third-order valence-corrected chi connectivity index (χ3v) is 3.18. The number of rotatable bonds is 5. The van der Waals surface area contributed by atoms with Gasteiger partial charge in [-0.3, -0.25) is 9.78 Å². The zero-order valence-electron chi connectivity index (χ0n) is 12.4. The summed E-state index contributed by atoms with van der Waals surface area (Å²) in [7, 11) is 0. The molecule has 0 aliphatic rings. The Morgan fingerprint density at radius 3 is 2.71 bits per heavy atom. The largest absolute Gasteiger partial charge is 0.322 e. The molecule has 0 saturated carbocycles. The fourth-order valence-electron chi connectivity index (χ4n) is 2.02.